The Balaban J connectivity index is 1.59. The lowest BCUT2D eigenvalue weighted by Crippen LogP contribution is -2.17. The number of hydrogen-bond donors (Lipinski definition) is 2. The van der Waals surface area contributed by atoms with Crippen molar-refractivity contribution in [1.29, 1.82) is 0 Å². The van der Waals surface area contributed by atoms with Gasteiger partial charge in [-0.25, -0.2) is 5.43 Å². The second-order valence-electron chi connectivity index (χ2n) is 7.02. The van der Waals surface area contributed by atoms with E-state index in [2.05, 4.69) is 56.1 Å². The molecule has 3 aromatic carbocycles. The SMILES string of the molecule is Cc1ccccc1Cn1cc(/C=N\NC(=O)c2cc(Br)ccc2O)c2ccccc21. The molecule has 0 fully saturated rings. The summed E-state index contributed by atoms with van der Waals surface area (Å²) >= 11 is 3.30. The zero-order valence-electron chi connectivity index (χ0n) is 16.3. The van der Waals surface area contributed by atoms with Gasteiger partial charge in [-0.3, -0.25) is 4.79 Å². The van der Waals surface area contributed by atoms with E-state index >= 15 is 0 Å². The summed E-state index contributed by atoms with van der Waals surface area (Å²) in [5, 5.41) is 15.1. The number of aromatic hydroxyl groups is 1. The minimum atomic E-state index is -0.478. The molecule has 0 atom stereocenters. The number of nitrogens with zero attached hydrogens (tertiary/aromatic N) is 2. The first-order valence-corrected chi connectivity index (χ1v) is 10.3. The maximum absolute atomic E-state index is 12.3. The largest absolute Gasteiger partial charge is 0.507 e. The normalized spacial score (nSPS) is 11.3. The average Bonchev–Trinajstić information content (AvgIpc) is 3.09. The minimum absolute atomic E-state index is 0.0965. The molecule has 150 valence electrons. The topological polar surface area (TPSA) is 66.6 Å². The van der Waals surface area contributed by atoms with Crippen LogP contribution in [0.25, 0.3) is 10.9 Å². The number of carbonyl (C=O) groups excluding carboxylic acids is 1. The second-order valence-corrected chi connectivity index (χ2v) is 7.93. The number of carbonyl (C=O) groups is 1. The van der Waals surface area contributed by atoms with E-state index in [-0.39, 0.29) is 11.3 Å². The molecule has 1 heterocycles. The van der Waals surface area contributed by atoms with Crippen LogP contribution < -0.4 is 5.43 Å². The van der Waals surface area contributed by atoms with Crippen molar-refractivity contribution in [2.24, 2.45) is 5.10 Å². The summed E-state index contributed by atoms with van der Waals surface area (Å²) < 4.78 is 2.88. The van der Waals surface area contributed by atoms with Gasteiger partial charge in [0.25, 0.3) is 5.91 Å². The highest BCUT2D eigenvalue weighted by Crippen LogP contribution is 2.23. The van der Waals surface area contributed by atoms with Crippen LogP contribution in [0.2, 0.25) is 0 Å². The van der Waals surface area contributed by atoms with Gasteiger partial charge >= 0.3 is 0 Å². The van der Waals surface area contributed by atoms with E-state index in [0.29, 0.717) is 4.47 Å². The molecule has 0 spiro atoms. The Kier molecular flexibility index (Phi) is 5.68. The third-order valence-corrected chi connectivity index (χ3v) is 5.49. The first-order valence-electron chi connectivity index (χ1n) is 9.47. The van der Waals surface area contributed by atoms with Crippen molar-refractivity contribution in [2.45, 2.75) is 13.5 Å². The monoisotopic (exact) mass is 461 g/mol. The lowest BCUT2D eigenvalue weighted by molar-refractivity contribution is 0.0952. The van der Waals surface area contributed by atoms with E-state index in [0.717, 1.165) is 23.0 Å². The van der Waals surface area contributed by atoms with E-state index in [9.17, 15) is 9.90 Å². The Bertz CT molecular complexity index is 1260. The van der Waals surface area contributed by atoms with Crippen molar-refractivity contribution in [3.8, 4) is 5.75 Å². The van der Waals surface area contributed by atoms with Crippen molar-refractivity contribution in [3.63, 3.8) is 0 Å². The van der Waals surface area contributed by atoms with E-state index in [1.54, 1.807) is 18.3 Å². The fraction of sp³-hybridized carbons (Fsp3) is 0.0833. The molecule has 0 aliphatic rings. The Hall–Kier alpha value is -3.38. The van der Waals surface area contributed by atoms with Crippen LogP contribution in [0, 0.1) is 6.92 Å². The molecule has 0 aliphatic heterocycles. The number of phenols is 1. The first-order chi connectivity index (χ1) is 14.5. The third kappa shape index (κ3) is 4.14. The quantitative estimate of drug-likeness (QED) is 0.315. The predicted molar refractivity (Wildman–Crippen MR) is 123 cm³/mol. The third-order valence-electron chi connectivity index (χ3n) is 4.99. The number of para-hydroxylation sites is 1. The van der Waals surface area contributed by atoms with Gasteiger partial charge < -0.3 is 9.67 Å². The van der Waals surface area contributed by atoms with E-state index in [4.69, 9.17) is 0 Å². The summed E-state index contributed by atoms with van der Waals surface area (Å²) in [5.41, 5.74) is 7.13. The van der Waals surface area contributed by atoms with Crippen LogP contribution in [0.1, 0.15) is 27.0 Å². The highest BCUT2D eigenvalue weighted by atomic mass is 79.9. The Morgan fingerprint density at radius 3 is 2.73 bits per heavy atom. The molecule has 0 radical (unpaired) electrons. The van der Waals surface area contributed by atoms with Crippen LogP contribution in [0.5, 0.6) is 5.75 Å². The van der Waals surface area contributed by atoms with Crippen molar-refractivity contribution < 1.29 is 9.90 Å². The average molecular weight is 462 g/mol. The number of hydrazone groups is 1. The Morgan fingerprint density at radius 1 is 1.13 bits per heavy atom. The summed E-state index contributed by atoms with van der Waals surface area (Å²) in [4.78, 5) is 12.3. The number of phenolic OH excluding ortho intramolecular Hbond substituents is 1. The highest BCUT2D eigenvalue weighted by Gasteiger charge is 2.11. The molecule has 0 aliphatic carbocycles. The lowest BCUT2D eigenvalue weighted by atomic mass is 10.1. The van der Waals surface area contributed by atoms with E-state index in [1.807, 2.05) is 36.5 Å². The van der Waals surface area contributed by atoms with Crippen LogP contribution in [0.15, 0.2) is 82.5 Å². The number of rotatable bonds is 5. The van der Waals surface area contributed by atoms with Gasteiger partial charge in [0.2, 0.25) is 0 Å². The van der Waals surface area contributed by atoms with Gasteiger partial charge in [0.15, 0.2) is 0 Å². The van der Waals surface area contributed by atoms with Crippen LogP contribution in [0.4, 0.5) is 0 Å². The number of aryl methyl sites for hydroxylation is 1. The zero-order chi connectivity index (χ0) is 21.1. The smallest absolute Gasteiger partial charge is 0.275 e. The lowest BCUT2D eigenvalue weighted by Gasteiger charge is -2.08. The standard InChI is InChI=1S/C24H20BrN3O2/c1-16-6-2-3-7-17(16)14-28-15-18(20-8-4-5-9-22(20)28)13-26-27-24(30)21-12-19(25)10-11-23(21)29/h2-13,15,29H,14H2,1H3,(H,27,30)/b26-13-. The van der Waals surface area contributed by atoms with Gasteiger partial charge in [-0.05, 0) is 42.3 Å². The fourth-order valence-corrected chi connectivity index (χ4v) is 3.75. The molecule has 0 bridgehead atoms. The molecule has 4 rings (SSSR count). The predicted octanol–water partition coefficient (Wildman–Crippen LogP) is 5.23. The van der Waals surface area contributed by atoms with Gasteiger partial charge in [0.1, 0.15) is 5.75 Å². The fourth-order valence-electron chi connectivity index (χ4n) is 3.39. The van der Waals surface area contributed by atoms with Gasteiger partial charge in [-0.1, -0.05) is 58.4 Å². The van der Waals surface area contributed by atoms with Crippen molar-refractivity contribution in [1.82, 2.24) is 9.99 Å². The molecular weight excluding hydrogens is 442 g/mol. The number of nitrogens with one attached hydrogen (secondary N) is 1. The highest BCUT2D eigenvalue weighted by molar-refractivity contribution is 9.10. The van der Waals surface area contributed by atoms with Crippen molar-refractivity contribution in [2.75, 3.05) is 0 Å². The molecular formula is C24H20BrN3O2. The summed E-state index contributed by atoms with van der Waals surface area (Å²) in [7, 11) is 0. The number of amides is 1. The van der Waals surface area contributed by atoms with Crippen LogP contribution in [0.3, 0.4) is 0 Å². The minimum Gasteiger partial charge on any atom is -0.507 e. The second kappa shape index (κ2) is 8.55. The molecule has 0 saturated heterocycles. The van der Waals surface area contributed by atoms with Gasteiger partial charge in [0, 0.05) is 33.7 Å². The molecule has 2 N–H and O–H groups in total. The van der Waals surface area contributed by atoms with Gasteiger partial charge in [-0.15, -0.1) is 0 Å². The summed E-state index contributed by atoms with van der Waals surface area (Å²) in [6, 6.07) is 21.1. The number of aromatic nitrogens is 1. The number of hydrogen-bond acceptors (Lipinski definition) is 3. The molecule has 4 aromatic rings. The first kappa shape index (κ1) is 19.9. The van der Waals surface area contributed by atoms with Crippen LogP contribution in [-0.4, -0.2) is 21.8 Å². The van der Waals surface area contributed by atoms with Crippen LogP contribution >= 0.6 is 15.9 Å². The molecule has 0 saturated carbocycles. The summed E-state index contributed by atoms with van der Waals surface area (Å²) in [5.74, 6) is -0.575. The van der Waals surface area contributed by atoms with Crippen molar-refractivity contribution >= 4 is 39.0 Å². The van der Waals surface area contributed by atoms with Gasteiger partial charge in [0.05, 0.1) is 11.8 Å². The van der Waals surface area contributed by atoms with E-state index in [1.165, 1.54) is 17.2 Å². The summed E-state index contributed by atoms with van der Waals surface area (Å²) in [6.45, 7) is 2.86. The number of benzene rings is 3. The Labute approximate surface area is 182 Å². The molecule has 0 unspecified atom stereocenters. The molecule has 1 amide bonds. The molecule has 1 aromatic heterocycles. The number of fused-ring (bicyclic) bond motifs is 1. The maximum atomic E-state index is 12.3. The summed E-state index contributed by atoms with van der Waals surface area (Å²) in [6.07, 6.45) is 3.66. The van der Waals surface area contributed by atoms with E-state index < -0.39 is 5.91 Å². The van der Waals surface area contributed by atoms with Gasteiger partial charge in [-0.2, -0.15) is 5.10 Å². The molecule has 30 heavy (non-hydrogen) atoms. The zero-order valence-corrected chi connectivity index (χ0v) is 17.9. The maximum Gasteiger partial charge on any atom is 0.275 e. The van der Waals surface area contributed by atoms with Crippen molar-refractivity contribution in [3.05, 3.63) is 99.7 Å². The molecule has 5 nitrogen and oxygen atoms in total. The van der Waals surface area contributed by atoms with Crippen LogP contribution in [-0.2, 0) is 6.54 Å². The number of halogens is 1. The molecule has 6 heteroatoms. The Morgan fingerprint density at radius 2 is 1.90 bits per heavy atom.